The predicted molar refractivity (Wildman–Crippen MR) is 70.7 cm³/mol. The third-order valence-corrected chi connectivity index (χ3v) is 3.34. The van der Waals surface area contributed by atoms with Gasteiger partial charge in [0, 0.05) is 32.0 Å². The van der Waals surface area contributed by atoms with Crippen LogP contribution in [-0.4, -0.2) is 31.7 Å². The second-order valence-corrected chi connectivity index (χ2v) is 5.15. The minimum absolute atomic E-state index is 0.260. The number of hydrogen-bond donors (Lipinski definition) is 1. The Kier molecular flexibility index (Phi) is 4.55. The van der Waals surface area contributed by atoms with Crippen molar-refractivity contribution in [1.82, 2.24) is 4.90 Å². The first-order valence-electron chi connectivity index (χ1n) is 6.45. The van der Waals surface area contributed by atoms with Gasteiger partial charge in [-0.25, -0.2) is 4.39 Å². The summed E-state index contributed by atoms with van der Waals surface area (Å²) in [6.45, 7) is 3.50. The van der Waals surface area contributed by atoms with Crippen LogP contribution in [0.5, 0.6) is 0 Å². The summed E-state index contributed by atoms with van der Waals surface area (Å²) in [5.74, 6) is 0.430. The number of benzene rings is 1. The molecule has 0 amide bonds. The van der Waals surface area contributed by atoms with Gasteiger partial charge in [0.15, 0.2) is 0 Å². The Labute approximate surface area is 108 Å². The average molecular weight is 252 g/mol. The Morgan fingerprint density at radius 2 is 2.06 bits per heavy atom. The van der Waals surface area contributed by atoms with Gasteiger partial charge in [-0.2, -0.15) is 0 Å². The molecular formula is C14H21FN2O. The summed E-state index contributed by atoms with van der Waals surface area (Å²) < 4.78 is 18.6. The van der Waals surface area contributed by atoms with E-state index >= 15 is 0 Å². The maximum absolute atomic E-state index is 13.2. The molecular weight excluding hydrogens is 231 g/mol. The van der Waals surface area contributed by atoms with Gasteiger partial charge in [0.05, 0.1) is 0 Å². The van der Waals surface area contributed by atoms with E-state index in [1.807, 2.05) is 6.07 Å². The average Bonchev–Trinajstić information content (AvgIpc) is 2.28. The van der Waals surface area contributed by atoms with E-state index in [0.29, 0.717) is 11.6 Å². The number of hydrogen-bond acceptors (Lipinski definition) is 3. The zero-order valence-corrected chi connectivity index (χ0v) is 10.9. The molecule has 0 spiro atoms. The van der Waals surface area contributed by atoms with Crippen LogP contribution in [0.3, 0.4) is 0 Å². The van der Waals surface area contributed by atoms with Crippen molar-refractivity contribution in [2.75, 3.05) is 32.5 Å². The maximum atomic E-state index is 13.2. The number of nitrogens with two attached hydrogens (primary N) is 1. The molecule has 18 heavy (non-hydrogen) atoms. The van der Waals surface area contributed by atoms with E-state index < -0.39 is 0 Å². The van der Waals surface area contributed by atoms with E-state index in [1.54, 1.807) is 6.07 Å². The standard InChI is InChI=1S/C14H21FN2O/c1-17(9-11-2-4-18-5-3-11)10-12-6-13(15)8-14(16)7-12/h6-8,11H,2-5,9-10,16H2,1H3. The summed E-state index contributed by atoms with van der Waals surface area (Å²) in [7, 11) is 2.07. The fraction of sp³-hybridized carbons (Fsp3) is 0.571. The summed E-state index contributed by atoms with van der Waals surface area (Å²) in [6.07, 6.45) is 2.24. The molecule has 0 saturated carbocycles. The molecule has 100 valence electrons. The third kappa shape index (κ3) is 3.96. The van der Waals surface area contributed by atoms with Gasteiger partial charge in [0.2, 0.25) is 0 Å². The summed E-state index contributed by atoms with van der Waals surface area (Å²) in [5.41, 5.74) is 7.07. The molecule has 3 nitrogen and oxygen atoms in total. The highest BCUT2D eigenvalue weighted by Crippen LogP contribution is 2.17. The lowest BCUT2D eigenvalue weighted by Gasteiger charge is -2.27. The molecule has 4 heteroatoms. The Hall–Kier alpha value is -1.13. The van der Waals surface area contributed by atoms with Crippen molar-refractivity contribution < 1.29 is 9.13 Å². The number of nitrogens with zero attached hydrogens (tertiary/aromatic N) is 1. The third-order valence-electron chi connectivity index (χ3n) is 3.34. The molecule has 0 aromatic heterocycles. The second-order valence-electron chi connectivity index (χ2n) is 5.15. The van der Waals surface area contributed by atoms with Gasteiger partial charge >= 0.3 is 0 Å². The maximum Gasteiger partial charge on any atom is 0.125 e. The summed E-state index contributed by atoms with van der Waals surface area (Å²) in [4.78, 5) is 2.23. The molecule has 1 aromatic rings. The topological polar surface area (TPSA) is 38.5 Å². The Morgan fingerprint density at radius 3 is 2.72 bits per heavy atom. The SMILES string of the molecule is CN(Cc1cc(N)cc(F)c1)CC1CCOCC1. The molecule has 1 fully saturated rings. The van der Waals surface area contributed by atoms with Crippen molar-refractivity contribution in [3.63, 3.8) is 0 Å². The van der Waals surface area contributed by atoms with Crippen LogP contribution < -0.4 is 5.73 Å². The Balaban J connectivity index is 1.87. The van der Waals surface area contributed by atoms with Crippen molar-refractivity contribution in [2.24, 2.45) is 5.92 Å². The fourth-order valence-electron chi connectivity index (χ4n) is 2.51. The van der Waals surface area contributed by atoms with Crippen LogP contribution in [0.4, 0.5) is 10.1 Å². The van der Waals surface area contributed by atoms with Crippen LogP contribution in [0, 0.1) is 11.7 Å². The summed E-state index contributed by atoms with van der Waals surface area (Å²) in [5, 5.41) is 0. The van der Waals surface area contributed by atoms with Gasteiger partial charge in [-0.1, -0.05) is 0 Å². The Morgan fingerprint density at radius 1 is 1.33 bits per heavy atom. The van der Waals surface area contributed by atoms with Gasteiger partial charge in [-0.3, -0.25) is 0 Å². The predicted octanol–water partition coefficient (Wildman–Crippen LogP) is 2.27. The second kappa shape index (κ2) is 6.16. The molecule has 1 aliphatic heterocycles. The number of nitrogen functional groups attached to an aromatic ring is 1. The van der Waals surface area contributed by atoms with Crippen LogP contribution in [0.15, 0.2) is 18.2 Å². The number of anilines is 1. The van der Waals surface area contributed by atoms with Gasteiger partial charge in [-0.15, -0.1) is 0 Å². The van der Waals surface area contributed by atoms with Gasteiger partial charge in [0.25, 0.3) is 0 Å². The molecule has 0 bridgehead atoms. The molecule has 1 aliphatic rings. The lowest BCUT2D eigenvalue weighted by molar-refractivity contribution is 0.0549. The van der Waals surface area contributed by atoms with Crippen LogP contribution >= 0.6 is 0 Å². The lowest BCUT2D eigenvalue weighted by Crippen LogP contribution is -2.29. The summed E-state index contributed by atoms with van der Waals surface area (Å²) in [6, 6.07) is 4.74. The van der Waals surface area contributed by atoms with Gasteiger partial charge in [-0.05, 0) is 49.6 Å². The van der Waals surface area contributed by atoms with E-state index in [0.717, 1.165) is 44.7 Å². The van der Waals surface area contributed by atoms with Crippen LogP contribution in [-0.2, 0) is 11.3 Å². The van der Waals surface area contributed by atoms with Crippen molar-refractivity contribution in [1.29, 1.82) is 0 Å². The molecule has 1 aromatic carbocycles. The van der Waals surface area contributed by atoms with E-state index in [2.05, 4.69) is 11.9 Å². The van der Waals surface area contributed by atoms with Crippen molar-refractivity contribution in [2.45, 2.75) is 19.4 Å². The first-order chi connectivity index (χ1) is 8.63. The summed E-state index contributed by atoms with van der Waals surface area (Å²) >= 11 is 0. The van der Waals surface area contributed by atoms with Crippen LogP contribution in [0.1, 0.15) is 18.4 Å². The molecule has 0 unspecified atom stereocenters. The normalized spacial score (nSPS) is 17.3. The first-order valence-corrected chi connectivity index (χ1v) is 6.45. The molecule has 0 aliphatic carbocycles. The highest BCUT2D eigenvalue weighted by molar-refractivity contribution is 5.41. The number of rotatable bonds is 4. The zero-order chi connectivity index (χ0) is 13.0. The number of ether oxygens (including phenoxy) is 1. The zero-order valence-electron chi connectivity index (χ0n) is 10.9. The van der Waals surface area contributed by atoms with Gasteiger partial charge < -0.3 is 15.4 Å². The van der Waals surface area contributed by atoms with Crippen LogP contribution in [0.2, 0.25) is 0 Å². The fourth-order valence-corrected chi connectivity index (χ4v) is 2.51. The number of halogens is 1. The molecule has 1 heterocycles. The largest absolute Gasteiger partial charge is 0.399 e. The monoisotopic (exact) mass is 252 g/mol. The highest BCUT2D eigenvalue weighted by Gasteiger charge is 2.15. The quantitative estimate of drug-likeness (QED) is 0.835. The lowest BCUT2D eigenvalue weighted by atomic mass is 10.00. The minimum atomic E-state index is -0.260. The van der Waals surface area contributed by atoms with Crippen LogP contribution in [0.25, 0.3) is 0 Å². The Bertz CT molecular complexity index is 371. The van der Waals surface area contributed by atoms with Gasteiger partial charge in [0.1, 0.15) is 5.82 Å². The minimum Gasteiger partial charge on any atom is -0.399 e. The highest BCUT2D eigenvalue weighted by atomic mass is 19.1. The van der Waals surface area contributed by atoms with Crippen molar-refractivity contribution >= 4 is 5.69 Å². The van der Waals surface area contributed by atoms with Crippen molar-refractivity contribution in [3.05, 3.63) is 29.6 Å². The van der Waals surface area contributed by atoms with E-state index in [4.69, 9.17) is 10.5 Å². The van der Waals surface area contributed by atoms with E-state index in [9.17, 15) is 4.39 Å². The first kappa shape index (κ1) is 13.3. The molecule has 2 N–H and O–H groups in total. The molecule has 2 rings (SSSR count). The van der Waals surface area contributed by atoms with Crippen molar-refractivity contribution in [3.8, 4) is 0 Å². The smallest absolute Gasteiger partial charge is 0.125 e. The van der Waals surface area contributed by atoms with E-state index in [1.165, 1.54) is 6.07 Å². The van der Waals surface area contributed by atoms with E-state index in [-0.39, 0.29) is 5.82 Å². The molecule has 0 radical (unpaired) electrons. The molecule has 0 atom stereocenters. The molecule has 1 saturated heterocycles.